The zero-order chi connectivity index (χ0) is 13.7. The first-order valence-electron chi connectivity index (χ1n) is 6.26. The summed E-state index contributed by atoms with van der Waals surface area (Å²) in [6.07, 6.45) is 3.87. The largest absolute Gasteiger partial charge is 0.491 e. The molecule has 102 valence electrons. The van der Waals surface area contributed by atoms with Crippen LogP contribution in [0.3, 0.4) is 0 Å². The lowest BCUT2D eigenvalue weighted by atomic mass is 10.2. The first kappa shape index (κ1) is 13.9. The molecule has 1 N–H and O–H groups in total. The Balaban J connectivity index is 1.74. The summed E-state index contributed by atoms with van der Waals surface area (Å²) in [6, 6.07) is 7.74. The lowest BCUT2D eigenvalue weighted by Gasteiger charge is -2.13. The molecule has 2 rings (SSSR count). The molecule has 0 saturated carbocycles. The third-order valence-electron chi connectivity index (χ3n) is 2.87. The molecule has 0 fully saturated rings. The second kappa shape index (κ2) is 6.59. The molecule has 1 aromatic heterocycles. The Kier molecular flexibility index (Phi) is 4.82. The van der Waals surface area contributed by atoms with Gasteiger partial charge in [-0.05, 0) is 19.1 Å². The van der Waals surface area contributed by atoms with Gasteiger partial charge in [0.05, 0.1) is 11.2 Å². The smallest absolute Gasteiger partial charge is 0.137 e. The van der Waals surface area contributed by atoms with Gasteiger partial charge in [0.2, 0.25) is 0 Å². The molecular formula is C14H18ClN3O. The van der Waals surface area contributed by atoms with Crippen molar-refractivity contribution < 1.29 is 4.74 Å². The lowest BCUT2D eigenvalue weighted by molar-refractivity contribution is 0.308. The van der Waals surface area contributed by atoms with Gasteiger partial charge in [-0.3, -0.25) is 4.68 Å². The SMILES string of the molecule is CC(NCCOc1ccccc1Cl)c1cnn(C)c1. The monoisotopic (exact) mass is 279 g/mol. The van der Waals surface area contributed by atoms with Crippen LogP contribution >= 0.6 is 11.6 Å². The molecule has 0 aliphatic carbocycles. The number of aromatic nitrogens is 2. The Labute approximate surface area is 118 Å². The fourth-order valence-electron chi connectivity index (χ4n) is 1.78. The number of nitrogens with zero attached hydrogens (tertiary/aromatic N) is 2. The van der Waals surface area contributed by atoms with Crippen molar-refractivity contribution >= 4 is 11.6 Å². The first-order chi connectivity index (χ1) is 9.16. The molecule has 1 aromatic carbocycles. The summed E-state index contributed by atoms with van der Waals surface area (Å²) in [4.78, 5) is 0. The van der Waals surface area contributed by atoms with Gasteiger partial charge >= 0.3 is 0 Å². The van der Waals surface area contributed by atoms with E-state index in [9.17, 15) is 0 Å². The van der Waals surface area contributed by atoms with Gasteiger partial charge in [-0.15, -0.1) is 0 Å². The second-order valence-electron chi connectivity index (χ2n) is 4.40. The number of aryl methyl sites for hydroxylation is 1. The predicted molar refractivity (Wildman–Crippen MR) is 76.6 cm³/mol. The Morgan fingerprint density at radius 1 is 1.42 bits per heavy atom. The van der Waals surface area contributed by atoms with Crippen molar-refractivity contribution in [2.75, 3.05) is 13.2 Å². The number of hydrogen-bond donors (Lipinski definition) is 1. The summed E-state index contributed by atoms with van der Waals surface area (Å²) in [5, 5.41) is 8.18. The number of rotatable bonds is 6. The maximum Gasteiger partial charge on any atom is 0.137 e. The van der Waals surface area contributed by atoms with Crippen LogP contribution < -0.4 is 10.1 Å². The van der Waals surface area contributed by atoms with E-state index in [-0.39, 0.29) is 6.04 Å². The molecule has 0 saturated heterocycles. The Morgan fingerprint density at radius 2 is 2.21 bits per heavy atom. The van der Waals surface area contributed by atoms with Crippen LogP contribution in [-0.2, 0) is 7.05 Å². The van der Waals surface area contributed by atoms with Gasteiger partial charge in [0.15, 0.2) is 0 Å². The second-order valence-corrected chi connectivity index (χ2v) is 4.81. The van der Waals surface area contributed by atoms with Crippen molar-refractivity contribution in [1.82, 2.24) is 15.1 Å². The fraction of sp³-hybridized carbons (Fsp3) is 0.357. The van der Waals surface area contributed by atoms with E-state index in [4.69, 9.17) is 16.3 Å². The van der Waals surface area contributed by atoms with Crippen molar-refractivity contribution in [3.8, 4) is 5.75 Å². The van der Waals surface area contributed by atoms with Crippen molar-refractivity contribution in [1.29, 1.82) is 0 Å². The third kappa shape index (κ3) is 3.98. The summed E-state index contributed by atoms with van der Waals surface area (Å²) >= 11 is 6.01. The van der Waals surface area contributed by atoms with Crippen LogP contribution in [0.2, 0.25) is 5.02 Å². The summed E-state index contributed by atoms with van der Waals surface area (Å²) in [5.74, 6) is 0.722. The highest BCUT2D eigenvalue weighted by Crippen LogP contribution is 2.22. The molecule has 4 nitrogen and oxygen atoms in total. The highest BCUT2D eigenvalue weighted by Gasteiger charge is 2.06. The van der Waals surface area contributed by atoms with Crippen LogP contribution in [0, 0.1) is 0 Å². The minimum Gasteiger partial charge on any atom is -0.491 e. The molecule has 19 heavy (non-hydrogen) atoms. The average Bonchev–Trinajstić information content (AvgIpc) is 2.83. The number of benzene rings is 1. The fourth-order valence-corrected chi connectivity index (χ4v) is 1.97. The normalized spacial score (nSPS) is 12.4. The van der Waals surface area contributed by atoms with Gasteiger partial charge in [-0.25, -0.2) is 0 Å². The van der Waals surface area contributed by atoms with Gasteiger partial charge in [-0.2, -0.15) is 5.10 Å². The molecule has 1 atom stereocenters. The lowest BCUT2D eigenvalue weighted by Crippen LogP contribution is -2.24. The van der Waals surface area contributed by atoms with Crippen LogP contribution in [0.1, 0.15) is 18.5 Å². The number of ether oxygens (including phenoxy) is 1. The standard InChI is InChI=1S/C14H18ClN3O/c1-11(12-9-17-18(2)10-12)16-7-8-19-14-6-4-3-5-13(14)15/h3-6,9-11,16H,7-8H2,1-2H3. The van der Waals surface area contributed by atoms with E-state index in [1.165, 1.54) is 5.56 Å². The van der Waals surface area contributed by atoms with Crippen molar-refractivity contribution in [2.45, 2.75) is 13.0 Å². The predicted octanol–water partition coefficient (Wildman–Crippen LogP) is 2.80. The maximum atomic E-state index is 6.01. The maximum absolute atomic E-state index is 6.01. The topological polar surface area (TPSA) is 39.1 Å². The molecule has 0 radical (unpaired) electrons. The van der Waals surface area contributed by atoms with Gasteiger partial charge in [0.1, 0.15) is 12.4 Å². The zero-order valence-corrected chi connectivity index (χ0v) is 11.9. The molecule has 0 amide bonds. The number of nitrogens with one attached hydrogen (secondary N) is 1. The molecule has 1 heterocycles. The number of para-hydroxylation sites is 1. The Hall–Kier alpha value is -1.52. The van der Waals surface area contributed by atoms with Crippen LogP contribution in [-0.4, -0.2) is 22.9 Å². The molecule has 0 aliphatic heterocycles. The van der Waals surface area contributed by atoms with E-state index in [1.807, 2.05) is 43.7 Å². The minimum atomic E-state index is 0.253. The number of hydrogen-bond acceptors (Lipinski definition) is 3. The summed E-state index contributed by atoms with van der Waals surface area (Å²) in [5.41, 5.74) is 1.17. The van der Waals surface area contributed by atoms with E-state index in [0.717, 1.165) is 12.3 Å². The van der Waals surface area contributed by atoms with Gasteiger partial charge in [0.25, 0.3) is 0 Å². The van der Waals surface area contributed by atoms with E-state index < -0.39 is 0 Å². The van der Waals surface area contributed by atoms with Crippen LogP contribution in [0.25, 0.3) is 0 Å². The molecule has 1 unspecified atom stereocenters. The van der Waals surface area contributed by atoms with E-state index in [0.29, 0.717) is 11.6 Å². The summed E-state index contributed by atoms with van der Waals surface area (Å²) < 4.78 is 7.41. The van der Waals surface area contributed by atoms with Crippen LogP contribution in [0.15, 0.2) is 36.7 Å². The highest BCUT2D eigenvalue weighted by molar-refractivity contribution is 6.32. The molecule has 5 heteroatoms. The van der Waals surface area contributed by atoms with E-state index in [1.54, 1.807) is 4.68 Å². The molecule has 2 aromatic rings. The molecular weight excluding hydrogens is 262 g/mol. The summed E-state index contributed by atoms with van der Waals surface area (Å²) in [6.45, 7) is 3.43. The van der Waals surface area contributed by atoms with Gasteiger partial charge in [0, 0.05) is 31.4 Å². The van der Waals surface area contributed by atoms with E-state index >= 15 is 0 Å². The van der Waals surface area contributed by atoms with Crippen molar-refractivity contribution in [3.05, 3.63) is 47.2 Å². The third-order valence-corrected chi connectivity index (χ3v) is 3.18. The minimum absolute atomic E-state index is 0.253. The Bertz CT molecular complexity index is 527. The average molecular weight is 280 g/mol. The van der Waals surface area contributed by atoms with E-state index in [2.05, 4.69) is 17.3 Å². The number of halogens is 1. The van der Waals surface area contributed by atoms with Gasteiger partial charge < -0.3 is 10.1 Å². The first-order valence-corrected chi connectivity index (χ1v) is 6.64. The summed E-state index contributed by atoms with van der Waals surface area (Å²) in [7, 11) is 1.91. The molecule has 0 bridgehead atoms. The van der Waals surface area contributed by atoms with Gasteiger partial charge in [-0.1, -0.05) is 23.7 Å². The zero-order valence-electron chi connectivity index (χ0n) is 11.1. The van der Waals surface area contributed by atoms with Crippen LogP contribution in [0.4, 0.5) is 0 Å². The Morgan fingerprint density at radius 3 is 2.89 bits per heavy atom. The highest BCUT2D eigenvalue weighted by atomic mass is 35.5. The molecule has 0 aliphatic rings. The van der Waals surface area contributed by atoms with Crippen LogP contribution in [0.5, 0.6) is 5.75 Å². The molecule has 0 spiro atoms. The van der Waals surface area contributed by atoms with Crippen molar-refractivity contribution in [3.63, 3.8) is 0 Å². The quantitative estimate of drug-likeness (QED) is 0.827. The van der Waals surface area contributed by atoms with Crippen molar-refractivity contribution in [2.24, 2.45) is 7.05 Å².